The standard InChI is InChI=1S/C14H17FN2S/c1-10-3-4-12(7-14(10)15)11(2)16-6-5-13-8-18-9-17-13/h3-4,7-9,11,16H,5-6H2,1-2H3. The van der Waals surface area contributed by atoms with Gasteiger partial charge in [0.05, 0.1) is 11.2 Å². The van der Waals surface area contributed by atoms with Crippen LogP contribution in [0.5, 0.6) is 0 Å². The summed E-state index contributed by atoms with van der Waals surface area (Å²) in [6, 6.07) is 5.55. The number of thiazole rings is 1. The Bertz CT molecular complexity index is 497. The van der Waals surface area contributed by atoms with Crippen LogP contribution in [0.3, 0.4) is 0 Å². The number of halogens is 1. The van der Waals surface area contributed by atoms with Crippen molar-refractivity contribution in [3.05, 3.63) is 51.7 Å². The lowest BCUT2D eigenvalue weighted by atomic mass is 10.1. The summed E-state index contributed by atoms with van der Waals surface area (Å²) >= 11 is 1.61. The molecular formula is C14H17FN2S. The Hall–Kier alpha value is -1.26. The van der Waals surface area contributed by atoms with Crippen molar-refractivity contribution in [2.45, 2.75) is 26.3 Å². The molecule has 1 heterocycles. The van der Waals surface area contributed by atoms with Gasteiger partial charge in [0.25, 0.3) is 0 Å². The van der Waals surface area contributed by atoms with E-state index < -0.39 is 0 Å². The second-order valence-electron chi connectivity index (χ2n) is 4.41. The Morgan fingerprint density at radius 2 is 2.28 bits per heavy atom. The minimum Gasteiger partial charge on any atom is -0.310 e. The molecule has 0 aliphatic heterocycles. The summed E-state index contributed by atoms with van der Waals surface area (Å²) in [4.78, 5) is 4.23. The van der Waals surface area contributed by atoms with Gasteiger partial charge in [-0.2, -0.15) is 0 Å². The average Bonchev–Trinajstić information content (AvgIpc) is 2.85. The average molecular weight is 264 g/mol. The van der Waals surface area contributed by atoms with Crippen LogP contribution in [0.25, 0.3) is 0 Å². The fourth-order valence-corrected chi connectivity index (χ4v) is 2.37. The van der Waals surface area contributed by atoms with Crippen molar-refractivity contribution in [1.82, 2.24) is 10.3 Å². The highest BCUT2D eigenvalue weighted by molar-refractivity contribution is 7.07. The van der Waals surface area contributed by atoms with E-state index in [2.05, 4.69) is 15.7 Å². The highest BCUT2D eigenvalue weighted by Crippen LogP contribution is 2.16. The van der Waals surface area contributed by atoms with E-state index >= 15 is 0 Å². The second-order valence-corrected chi connectivity index (χ2v) is 5.13. The predicted molar refractivity (Wildman–Crippen MR) is 73.4 cm³/mol. The van der Waals surface area contributed by atoms with Gasteiger partial charge in [-0.25, -0.2) is 9.37 Å². The van der Waals surface area contributed by atoms with Gasteiger partial charge in [-0.1, -0.05) is 12.1 Å². The van der Waals surface area contributed by atoms with Crippen LogP contribution >= 0.6 is 11.3 Å². The highest BCUT2D eigenvalue weighted by atomic mass is 32.1. The number of benzene rings is 1. The van der Waals surface area contributed by atoms with Crippen molar-refractivity contribution in [3.63, 3.8) is 0 Å². The number of nitrogens with one attached hydrogen (secondary N) is 1. The van der Waals surface area contributed by atoms with Crippen molar-refractivity contribution in [3.8, 4) is 0 Å². The Labute approximate surface area is 111 Å². The first-order chi connectivity index (χ1) is 8.66. The van der Waals surface area contributed by atoms with Crippen molar-refractivity contribution in [2.75, 3.05) is 6.54 Å². The monoisotopic (exact) mass is 264 g/mol. The zero-order valence-corrected chi connectivity index (χ0v) is 11.4. The van der Waals surface area contributed by atoms with E-state index in [1.54, 1.807) is 24.3 Å². The van der Waals surface area contributed by atoms with Gasteiger partial charge >= 0.3 is 0 Å². The Kier molecular flexibility index (Phi) is 4.44. The first-order valence-electron chi connectivity index (χ1n) is 6.03. The maximum atomic E-state index is 13.4. The largest absolute Gasteiger partial charge is 0.310 e. The van der Waals surface area contributed by atoms with Gasteiger partial charge in [0, 0.05) is 24.4 Å². The Morgan fingerprint density at radius 1 is 1.44 bits per heavy atom. The van der Waals surface area contributed by atoms with Gasteiger partial charge in [0.1, 0.15) is 5.82 Å². The maximum absolute atomic E-state index is 13.4. The predicted octanol–water partition coefficient (Wildman–Crippen LogP) is 3.48. The van der Waals surface area contributed by atoms with E-state index in [0.717, 1.165) is 24.2 Å². The molecule has 0 aliphatic carbocycles. The summed E-state index contributed by atoms with van der Waals surface area (Å²) in [6.07, 6.45) is 0.905. The zero-order chi connectivity index (χ0) is 13.0. The van der Waals surface area contributed by atoms with Crippen LogP contribution in [0.2, 0.25) is 0 Å². The molecular weight excluding hydrogens is 247 g/mol. The molecule has 1 unspecified atom stereocenters. The molecule has 96 valence electrons. The summed E-state index contributed by atoms with van der Waals surface area (Å²) in [5.41, 5.74) is 4.62. The molecule has 0 bridgehead atoms. The lowest BCUT2D eigenvalue weighted by molar-refractivity contribution is 0.563. The van der Waals surface area contributed by atoms with Crippen LogP contribution < -0.4 is 5.32 Å². The molecule has 0 radical (unpaired) electrons. The summed E-state index contributed by atoms with van der Waals surface area (Å²) in [7, 11) is 0. The van der Waals surface area contributed by atoms with Gasteiger partial charge in [-0.3, -0.25) is 0 Å². The Balaban J connectivity index is 1.87. The summed E-state index contributed by atoms with van der Waals surface area (Å²) < 4.78 is 13.4. The molecule has 0 spiro atoms. The fraction of sp³-hybridized carbons (Fsp3) is 0.357. The molecule has 0 amide bonds. The van der Waals surface area contributed by atoms with Crippen molar-refractivity contribution >= 4 is 11.3 Å². The summed E-state index contributed by atoms with van der Waals surface area (Å²) in [5.74, 6) is -0.138. The van der Waals surface area contributed by atoms with E-state index in [9.17, 15) is 4.39 Å². The van der Waals surface area contributed by atoms with Crippen LogP contribution in [-0.2, 0) is 6.42 Å². The second kappa shape index (κ2) is 6.07. The minimum atomic E-state index is -0.138. The maximum Gasteiger partial charge on any atom is 0.126 e. The van der Waals surface area contributed by atoms with Gasteiger partial charge < -0.3 is 5.32 Å². The SMILES string of the molecule is Cc1ccc(C(C)NCCc2cscn2)cc1F. The highest BCUT2D eigenvalue weighted by Gasteiger charge is 2.07. The third kappa shape index (κ3) is 3.37. The van der Waals surface area contributed by atoms with Crippen molar-refractivity contribution in [2.24, 2.45) is 0 Å². The molecule has 1 N–H and O–H groups in total. The van der Waals surface area contributed by atoms with Crippen LogP contribution in [0.4, 0.5) is 4.39 Å². The molecule has 0 saturated carbocycles. The summed E-state index contributed by atoms with van der Waals surface area (Å²) in [5, 5.41) is 5.44. The molecule has 0 saturated heterocycles. The molecule has 1 aromatic carbocycles. The number of hydrogen-bond donors (Lipinski definition) is 1. The lowest BCUT2D eigenvalue weighted by Gasteiger charge is -2.14. The molecule has 0 aliphatic rings. The topological polar surface area (TPSA) is 24.9 Å². The van der Waals surface area contributed by atoms with Crippen LogP contribution in [-0.4, -0.2) is 11.5 Å². The molecule has 1 atom stereocenters. The van der Waals surface area contributed by atoms with Gasteiger partial charge in [0.15, 0.2) is 0 Å². The van der Waals surface area contributed by atoms with Crippen molar-refractivity contribution < 1.29 is 4.39 Å². The third-order valence-corrected chi connectivity index (χ3v) is 3.65. The quantitative estimate of drug-likeness (QED) is 0.894. The molecule has 1 aromatic heterocycles. The fourth-order valence-electron chi connectivity index (χ4n) is 1.77. The van der Waals surface area contributed by atoms with E-state index in [1.807, 2.05) is 24.6 Å². The van der Waals surface area contributed by atoms with Gasteiger partial charge in [-0.15, -0.1) is 11.3 Å². The van der Waals surface area contributed by atoms with E-state index in [0.29, 0.717) is 5.56 Å². The van der Waals surface area contributed by atoms with Gasteiger partial charge in [0.2, 0.25) is 0 Å². The minimum absolute atomic E-state index is 0.138. The third-order valence-electron chi connectivity index (χ3n) is 3.01. The molecule has 2 nitrogen and oxygen atoms in total. The van der Waals surface area contributed by atoms with Gasteiger partial charge in [-0.05, 0) is 31.0 Å². The first kappa shape index (κ1) is 13.2. The molecule has 2 aromatic rings. The van der Waals surface area contributed by atoms with Crippen molar-refractivity contribution in [1.29, 1.82) is 0 Å². The number of hydrogen-bond acceptors (Lipinski definition) is 3. The summed E-state index contributed by atoms with van der Waals surface area (Å²) in [6.45, 7) is 4.67. The number of nitrogens with zero attached hydrogens (tertiary/aromatic N) is 1. The van der Waals surface area contributed by atoms with Crippen LogP contribution in [0, 0.1) is 12.7 Å². The smallest absolute Gasteiger partial charge is 0.126 e. The lowest BCUT2D eigenvalue weighted by Crippen LogP contribution is -2.21. The molecule has 4 heteroatoms. The molecule has 0 fully saturated rings. The van der Waals surface area contributed by atoms with E-state index in [4.69, 9.17) is 0 Å². The number of aryl methyl sites for hydroxylation is 1. The number of rotatable bonds is 5. The van der Waals surface area contributed by atoms with Crippen LogP contribution in [0.1, 0.15) is 29.8 Å². The zero-order valence-electron chi connectivity index (χ0n) is 10.6. The Morgan fingerprint density at radius 3 is 2.94 bits per heavy atom. The van der Waals surface area contributed by atoms with E-state index in [1.165, 1.54) is 0 Å². The molecule has 2 rings (SSSR count). The molecule has 18 heavy (non-hydrogen) atoms. The normalized spacial score (nSPS) is 12.6. The van der Waals surface area contributed by atoms with Crippen LogP contribution in [0.15, 0.2) is 29.1 Å². The van der Waals surface area contributed by atoms with E-state index in [-0.39, 0.29) is 11.9 Å². The number of aromatic nitrogens is 1. The first-order valence-corrected chi connectivity index (χ1v) is 6.97.